The Morgan fingerprint density at radius 2 is 1.81 bits per heavy atom. The molecule has 2 aromatic heterocycles. The number of amides is 1. The first kappa shape index (κ1) is 20.6. The second-order valence-corrected chi connectivity index (χ2v) is 7.46. The molecule has 6 nitrogen and oxygen atoms in total. The maximum Gasteiger partial charge on any atom is 0.339 e. The van der Waals surface area contributed by atoms with Crippen LogP contribution in [0.25, 0.3) is 21.8 Å². The number of nitrogens with zero attached hydrogens (tertiary/aromatic N) is 1. The Labute approximate surface area is 180 Å². The highest BCUT2D eigenvalue weighted by Crippen LogP contribution is 2.24. The Balaban J connectivity index is 1.37. The van der Waals surface area contributed by atoms with E-state index in [1.54, 1.807) is 0 Å². The van der Waals surface area contributed by atoms with Crippen LogP contribution in [0.4, 0.5) is 0 Å². The van der Waals surface area contributed by atoms with Gasteiger partial charge in [-0.2, -0.15) is 0 Å². The normalized spacial score (nSPS) is 11.0. The van der Waals surface area contributed by atoms with E-state index in [-0.39, 0.29) is 12.5 Å². The highest BCUT2D eigenvalue weighted by atomic mass is 16.5. The summed E-state index contributed by atoms with van der Waals surface area (Å²) in [6.07, 6.45) is 3.36. The molecule has 158 valence electrons. The average Bonchev–Trinajstić information content (AvgIpc) is 3.20. The third kappa shape index (κ3) is 4.28. The van der Waals surface area contributed by atoms with Gasteiger partial charge in [-0.3, -0.25) is 9.78 Å². The Bertz CT molecular complexity index is 1260. The molecular weight excluding hydrogens is 390 g/mol. The second-order valence-electron chi connectivity index (χ2n) is 7.46. The van der Waals surface area contributed by atoms with Crippen LogP contribution >= 0.6 is 0 Å². The molecule has 0 spiro atoms. The van der Waals surface area contributed by atoms with Crippen LogP contribution in [0.15, 0.2) is 54.7 Å². The van der Waals surface area contributed by atoms with Crippen LogP contribution in [0, 0.1) is 6.92 Å². The van der Waals surface area contributed by atoms with Gasteiger partial charge in [0.1, 0.15) is 0 Å². The number of fused-ring (bicyclic) bond motifs is 2. The first-order valence-corrected chi connectivity index (χ1v) is 10.5. The lowest BCUT2D eigenvalue weighted by Crippen LogP contribution is -2.30. The molecule has 1 amide bonds. The first-order valence-electron chi connectivity index (χ1n) is 10.5. The molecule has 31 heavy (non-hydrogen) atoms. The van der Waals surface area contributed by atoms with Crippen molar-refractivity contribution in [3.8, 4) is 0 Å². The maximum absolute atomic E-state index is 12.8. The van der Waals surface area contributed by atoms with Gasteiger partial charge in [0, 0.05) is 34.7 Å². The van der Waals surface area contributed by atoms with E-state index in [4.69, 9.17) is 4.74 Å². The predicted octanol–water partition coefficient (Wildman–Crippen LogP) is 4.10. The SMILES string of the molecule is CCc1nc2ccccc2c(C(=O)OCC(=O)NCCc2c[nH]c3ccccc23)c1C. The molecule has 0 bridgehead atoms. The third-order valence-corrected chi connectivity index (χ3v) is 5.50. The van der Waals surface area contributed by atoms with Crippen LogP contribution in [0.1, 0.15) is 34.1 Å². The number of carbonyl (C=O) groups excluding carboxylic acids is 2. The summed E-state index contributed by atoms with van der Waals surface area (Å²) >= 11 is 0. The summed E-state index contributed by atoms with van der Waals surface area (Å²) < 4.78 is 5.35. The minimum absolute atomic E-state index is 0.315. The van der Waals surface area contributed by atoms with E-state index < -0.39 is 5.97 Å². The van der Waals surface area contributed by atoms with Crippen molar-refractivity contribution in [3.05, 3.63) is 77.1 Å². The number of hydrogen-bond donors (Lipinski definition) is 2. The highest BCUT2D eigenvalue weighted by molar-refractivity contribution is 6.05. The van der Waals surface area contributed by atoms with Crippen LogP contribution in [0.2, 0.25) is 0 Å². The van der Waals surface area contributed by atoms with Crippen LogP contribution in [0.3, 0.4) is 0 Å². The summed E-state index contributed by atoms with van der Waals surface area (Å²) in [6, 6.07) is 15.5. The van der Waals surface area contributed by atoms with Crippen molar-refractivity contribution in [2.24, 2.45) is 0 Å². The van der Waals surface area contributed by atoms with Crippen molar-refractivity contribution in [2.45, 2.75) is 26.7 Å². The lowest BCUT2D eigenvalue weighted by atomic mass is 10.0. The molecule has 0 saturated carbocycles. The fourth-order valence-corrected chi connectivity index (χ4v) is 3.89. The number of carbonyl (C=O) groups is 2. The molecule has 4 aromatic rings. The number of esters is 1. The summed E-state index contributed by atoms with van der Waals surface area (Å²) in [4.78, 5) is 32.9. The lowest BCUT2D eigenvalue weighted by Gasteiger charge is -2.13. The van der Waals surface area contributed by atoms with Gasteiger partial charge in [-0.25, -0.2) is 4.79 Å². The summed E-state index contributed by atoms with van der Waals surface area (Å²) in [5, 5.41) is 4.71. The number of para-hydroxylation sites is 2. The number of aryl methyl sites for hydroxylation is 1. The van der Waals surface area contributed by atoms with Gasteiger partial charge < -0.3 is 15.0 Å². The molecule has 2 heterocycles. The molecule has 2 N–H and O–H groups in total. The first-order chi connectivity index (χ1) is 15.1. The molecule has 0 radical (unpaired) electrons. The Kier molecular flexibility index (Phi) is 5.98. The number of benzene rings is 2. The zero-order valence-corrected chi connectivity index (χ0v) is 17.7. The second kappa shape index (κ2) is 9.00. The third-order valence-electron chi connectivity index (χ3n) is 5.50. The Morgan fingerprint density at radius 1 is 1.06 bits per heavy atom. The van der Waals surface area contributed by atoms with E-state index in [0.717, 1.165) is 38.6 Å². The number of nitrogens with one attached hydrogen (secondary N) is 2. The number of hydrogen-bond acceptors (Lipinski definition) is 4. The van der Waals surface area contributed by atoms with E-state index in [1.165, 1.54) is 0 Å². The Morgan fingerprint density at radius 3 is 2.61 bits per heavy atom. The van der Waals surface area contributed by atoms with Crippen molar-refractivity contribution >= 4 is 33.7 Å². The van der Waals surface area contributed by atoms with E-state index >= 15 is 0 Å². The average molecular weight is 415 g/mol. The minimum Gasteiger partial charge on any atom is -0.452 e. The molecule has 0 aliphatic carbocycles. The van der Waals surface area contributed by atoms with Gasteiger partial charge in [0.2, 0.25) is 0 Å². The molecule has 2 aromatic carbocycles. The smallest absolute Gasteiger partial charge is 0.339 e. The van der Waals surface area contributed by atoms with E-state index in [2.05, 4.69) is 21.4 Å². The molecule has 6 heteroatoms. The minimum atomic E-state index is -0.502. The van der Waals surface area contributed by atoms with Gasteiger partial charge in [0.05, 0.1) is 11.1 Å². The fourth-order valence-electron chi connectivity index (χ4n) is 3.89. The molecule has 0 fully saturated rings. The lowest BCUT2D eigenvalue weighted by molar-refractivity contribution is -0.124. The summed E-state index contributed by atoms with van der Waals surface area (Å²) in [5.41, 5.74) is 5.09. The van der Waals surface area contributed by atoms with Crippen LogP contribution < -0.4 is 5.32 Å². The van der Waals surface area contributed by atoms with Gasteiger partial charge in [0.15, 0.2) is 6.61 Å². The van der Waals surface area contributed by atoms with Gasteiger partial charge in [-0.1, -0.05) is 43.3 Å². The van der Waals surface area contributed by atoms with Gasteiger partial charge >= 0.3 is 5.97 Å². The molecule has 4 rings (SSSR count). The number of H-pyrrole nitrogens is 1. The molecule has 0 atom stereocenters. The summed E-state index contributed by atoms with van der Waals surface area (Å²) in [5.74, 6) is -0.822. The van der Waals surface area contributed by atoms with Gasteiger partial charge in [-0.15, -0.1) is 0 Å². The van der Waals surface area contributed by atoms with Gasteiger partial charge in [0.25, 0.3) is 5.91 Å². The number of aromatic amines is 1. The number of ether oxygens (including phenoxy) is 1. The predicted molar refractivity (Wildman–Crippen MR) is 121 cm³/mol. The van der Waals surface area contributed by atoms with E-state index in [1.807, 2.05) is 62.5 Å². The van der Waals surface area contributed by atoms with Crippen molar-refractivity contribution in [3.63, 3.8) is 0 Å². The standard InChI is InChI=1S/C25H25N3O3/c1-3-20-16(2)24(19-9-5-7-11-22(19)28-20)25(30)31-15-23(29)26-13-12-17-14-27-21-10-6-4-8-18(17)21/h4-11,14,27H,3,12-13,15H2,1-2H3,(H,26,29). The largest absolute Gasteiger partial charge is 0.452 e. The summed E-state index contributed by atoms with van der Waals surface area (Å²) in [7, 11) is 0. The van der Waals surface area contributed by atoms with Crippen LogP contribution in [-0.4, -0.2) is 35.0 Å². The number of rotatable bonds is 7. The molecule has 0 aliphatic heterocycles. The summed E-state index contributed by atoms with van der Waals surface area (Å²) in [6.45, 7) is 4.02. The maximum atomic E-state index is 12.8. The zero-order valence-electron chi connectivity index (χ0n) is 17.7. The van der Waals surface area contributed by atoms with E-state index in [0.29, 0.717) is 24.9 Å². The highest BCUT2D eigenvalue weighted by Gasteiger charge is 2.19. The van der Waals surface area contributed by atoms with Crippen molar-refractivity contribution in [1.29, 1.82) is 0 Å². The Hall–Kier alpha value is -3.67. The zero-order chi connectivity index (χ0) is 21.8. The van der Waals surface area contributed by atoms with Crippen LogP contribution in [0.5, 0.6) is 0 Å². The number of pyridine rings is 1. The molecule has 0 aliphatic rings. The van der Waals surface area contributed by atoms with Crippen LogP contribution in [-0.2, 0) is 22.4 Å². The molecule has 0 saturated heterocycles. The number of aromatic nitrogens is 2. The van der Waals surface area contributed by atoms with Crippen molar-refractivity contribution in [1.82, 2.24) is 15.3 Å². The van der Waals surface area contributed by atoms with E-state index in [9.17, 15) is 9.59 Å². The molecular formula is C25H25N3O3. The topological polar surface area (TPSA) is 84.1 Å². The monoisotopic (exact) mass is 415 g/mol. The quantitative estimate of drug-likeness (QED) is 0.445. The van der Waals surface area contributed by atoms with Gasteiger partial charge in [-0.05, 0) is 43.0 Å². The van der Waals surface area contributed by atoms with Crippen molar-refractivity contribution < 1.29 is 14.3 Å². The fraction of sp³-hybridized carbons (Fsp3) is 0.240. The van der Waals surface area contributed by atoms with Crippen molar-refractivity contribution in [2.75, 3.05) is 13.2 Å². The molecule has 0 unspecified atom stereocenters.